The van der Waals surface area contributed by atoms with E-state index in [9.17, 15) is 15.4 Å². The fraction of sp³-hybridized carbons (Fsp3) is 0.800. The highest BCUT2D eigenvalue weighted by atomic mass is 35.5. The molecule has 4 nitrogen and oxygen atoms in total. The van der Waals surface area contributed by atoms with Gasteiger partial charge in [0.25, 0.3) is 0 Å². The molecule has 0 saturated heterocycles. The van der Waals surface area contributed by atoms with Gasteiger partial charge in [-0.2, -0.15) is 5.26 Å². The van der Waals surface area contributed by atoms with Crippen molar-refractivity contribution >= 4 is 11.6 Å². The van der Waals surface area contributed by atoms with Crippen molar-refractivity contribution in [3.63, 3.8) is 0 Å². The molecule has 0 bridgehead atoms. The predicted molar refractivity (Wildman–Crippen MR) is 78.0 cm³/mol. The Morgan fingerprint density at radius 3 is 2.40 bits per heavy atom. The molecule has 5 heteroatoms. The van der Waals surface area contributed by atoms with Gasteiger partial charge in [0, 0.05) is 28.7 Å². The van der Waals surface area contributed by atoms with Gasteiger partial charge >= 0.3 is 0 Å². The number of halogens is 1. The normalized spacial score (nSPS) is 35.3. The molecule has 2 aliphatic carbocycles. The molecule has 0 aliphatic heterocycles. The first-order valence-electron chi connectivity index (χ1n) is 7.51. The van der Waals surface area contributed by atoms with Crippen LogP contribution in [0.5, 0.6) is 0 Å². The maximum Gasteiger partial charge on any atom is 0.213 e. The fourth-order valence-electron chi connectivity index (χ4n) is 3.39. The van der Waals surface area contributed by atoms with Gasteiger partial charge in [-0.25, -0.2) is 0 Å². The molecule has 20 heavy (non-hydrogen) atoms. The highest BCUT2D eigenvalue weighted by Crippen LogP contribution is 2.35. The number of alkyl halides is 1. The maximum absolute atomic E-state index is 10.8. The van der Waals surface area contributed by atoms with Crippen LogP contribution in [-0.2, 0) is 0 Å². The van der Waals surface area contributed by atoms with Crippen LogP contribution in [0.25, 0.3) is 0 Å². The average molecular weight is 297 g/mol. The SMILES string of the molecule is N#C/C(=C\C1CCCCC1Cl)C1CCC([N+](=O)[O-])CC1. The summed E-state index contributed by atoms with van der Waals surface area (Å²) in [4.78, 5) is 10.6. The van der Waals surface area contributed by atoms with Gasteiger partial charge in [0.15, 0.2) is 0 Å². The van der Waals surface area contributed by atoms with Gasteiger partial charge < -0.3 is 0 Å². The third-order valence-corrected chi connectivity index (χ3v) is 5.23. The van der Waals surface area contributed by atoms with E-state index < -0.39 is 6.04 Å². The molecule has 0 heterocycles. The summed E-state index contributed by atoms with van der Waals surface area (Å²) >= 11 is 6.34. The van der Waals surface area contributed by atoms with E-state index in [-0.39, 0.29) is 16.2 Å². The van der Waals surface area contributed by atoms with Gasteiger partial charge in [-0.15, -0.1) is 11.6 Å². The molecule has 0 spiro atoms. The van der Waals surface area contributed by atoms with Crippen LogP contribution in [0, 0.1) is 33.3 Å². The van der Waals surface area contributed by atoms with Crippen molar-refractivity contribution in [2.24, 2.45) is 11.8 Å². The fourth-order valence-corrected chi connectivity index (χ4v) is 3.75. The molecule has 0 N–H and O–H groups in total. The topological polar surface area (TPSA) is 66.9 Å². The Morgan fingerprint density at radius 1 is 1.20 bits per heavy atom. The summed E-state index contributed by atoms with van der Waals surface area (Å²) in [5.74, 6) is 0.496. The molecule has 2 fully saturated rings. The van der Waals surface area contributed by atoms with Crippen LogP contribution >= 0.6 is 11.6 Å². The number of nitrogens with zero attached hydrogens (tertiary/aromatic N) is 2. The van der Waals surface area contributed by atoms with Crippen LogP contribution in [0.2, 0.25) is 0 Å². The molecule has 0 aromatic carbocycles. The second kappa shape index (κ2) is 7.08. The standard InChI is InChI=1S/C15H21ClN2O2/c16-15-4-2-1-3-12(15)9-13(10-17)11-5-7-14(8-6-11)18(19)20/h9,11-12,14-15H,1-8H2/b13-9+. The van der Waals surface area contributed by atoms with Gasteiger partial charge in [-0.3, -0.25) is 10.1 Å². The van der Waals surface area contributed by atoms with Gasteiger partial charge in [0.2, 0.25) is 6.04 Å². The molecule has 0 radical (unpaired) electrons. The second-order valence-corrected chi connectivity index (χ2v) is 6.55. The summed E-state index contributed by atoms with van der Waals surface area (Å²) in [6.45, 7) is 0. The maximum atomic E-state index is 10.8. The molecular formula is C15H21ClN2O2. The molecule has 110 valence electrons. The third-order valence-electron chi connectivity index (χ3n) is 4.69. The lowest BCUT2D eigenvalue weighted by Gasteiger charge is -2.27. The molecule has 0 aromatic heterocycles. The monoisotopic (exact) mass is 296 g/mol. The van der Waals surface area contributed by atoms with Crippen LogP contribution in [0.3, 0.4) is 0 Å². The minimum Gasteiger partial charge on any atom is -0.264 e. The summed E-state index contributed by atoms with van der Waals surface area (Å²) in [5.41, 5.74) is 0.810. The molecule has 0 amide bonds. The molecule has 2 unspecified atom stereocenters. The molecule has 2 atom stereocenters. The van der Waals surface area contributed by atoms with Crippen LogP contribution in [0.1, 0.15) is 51.4 Å². The number of hydrogen-bond donors (Lipinski definition) is 0. The number of nitriles is 1. The van der Waals surface area contributed by atoms with E-state index in [0.717, 1.165) is 31.3 Å². The van der Waals surface area contributed by atoms with Crippen molar-refractivity contribution < 1.29 is 4.92 Å². The third kappa shape index (κ3) is 3.73. The second-order valence-electron chi connectivity index (χ2n) is 5.99. The van der Waals surface area contributed by atoms with Crippen molar-refractivity contribution in [3.05, 3.63) is 21.8 Å². The summed E-state index contributed by atoms with van der Waals surface area (Å²) in [5, 5.41) is 20.3. The van der Waals surface area contributed by atoms with E-state index >= 15 is 0 Å². The number of nitro groups is 1. The summed E-state index contributed by atoms with van der Waals surface area (Å²) in [7, 11) is 0. The lowest BCUT2D eigenvalue weighted by Crippen LogP contribution is -2.27. The molecule has 2 aliphatic rings. The van der Waals surface area contributed by atoms with Gasteiger partial charge in [-0.05, 0) is 37.5 Å². The van der Waals surface area contributed by atoms with Crippen molar-refractivity contribution in [3.8, 4) is 6.07 Å². The molecule has 2 saturated carbocycles. The van der Waals surface area contributed by atoms with E-state index in [1.165, 1.54) is 12.8 Å². The summed E-state index contributed by atoms with van der Waals surface area (Å²) in [6.07, 6.45) is 9.19. The summed E-state index contributed by atoms with van der Waals surface area (Å²) < 4.78 is 0. The van der Waals surface area contributed by atoms with E-state index in [0.29, 0.717) is 18.8 Å². The zero-order valence-electron chi connectivity index (χ0n) is 11.6. The minimum absolute atomic E-state index is 0.141. The highest BCUT2D eigenvalue weighted by Gasteiger charge is 2.31. The minimum atomic E-state index is -0.415. The zero-order valence-corrected chi connectivity index (χ0v) is 12.4. The predicted octanol–water partition coefficient (Wildman–Crippen LogP) is 4.07. The number of allylic oxidation sites excluding steroid dienone is 2. The highest BCUT2D eigenvalue weighted by molar-refractivity contribution is 6.20. The van der Waals surface area contributed by atoms with Crippen molar-refractivity contribution in [1.29, 1.82) is 5.26 Å². The number of hydrogen-bond acceptors (Lipinski definition) is 3. The van der Waals surface area contributed by atoms with Crippen molar-refractivity contribution in [2.75, 3.05) is 0 Å². The average Bonchev–Trinajstić information content (AvgIpc) is 2.46. The van der Waals surface area contributed by atoms with Crippen molar-refractivity contribution in [2.45, 2.75) is 62.8 Å². The Labute approximate surface area is 124 Å². The van der Waals surface area contributed by atoms with E-state index in [4.69, 9.17) is 11.6 Å². The van der Waals surface area contributed by atoms with Crippen LogP contribution < -0.4 is 0 Å². The largest absolute Gasteiger partial charge is 0.264 e. The van der Waals surface area contributed by atoms with E-state index in [2.05, 4.69) is 12.1 Å². The first-order chi connectivity index (χ1) is 9.61. The van der Waals surface area contributed by atoms with Crippen LogP contribution in [0.15, 0.2) is 11.6 Å². The van der Waals surface area contributed by atoms with Crippen molar-refractivity contribution in [1.82, 2.24) is 0 Å². The lowest BCUT2D eigenvalue weighted by atomic mass is 9.79. The zero-order chi connectivity index (χ0) is 14.5. The first kappa shape index (κ1) is 15.3. The first-order valence-corrected chi connectivity index (χ1v) is 7.95. The smallest absolute Gasteiger partial charge is 0.213 e. The quantitative estimate of drug-likeness (QED) is 0.341. The Bertz CT molecular complexity index is 422. The Balaban J connectivity index is 1.98. The Morgan fingerprint density at radius 2 is 1.85 bits per heavy atom. The summed E-state index contributed by atoms with van der Waals surface area (Å²) in [6, 6.07) is 1.90. The van der Waals surface area contributed by atoms with Crippen LogP contribution in [-0.4, -0.2) is 16.3 Å². The van der Waals surface area contributed by atoms with E-state index in [1.54, 1.807) is 0 Å². The Hall–Kier alpha value is -1.08. The van der Waals surface area contributed by atoms with Gasteiger partial charge in [-0.1, -0.05) is 18.9 Å². The molecule has 0 aromatic rings. The van der Waals surface area contributed by atoms with Crippen LogP contribution in [0.4, 0.5) is 0 Å². The molecular weight excluding hydrogens is 276 g/mol. The van der Waals surface area contributed by atoms with Gasteiger partial charge in [0.1, 0.15) is 0 Å². The lowest BCUT2D eigenvalue weighted by molar-refractivity contribution is -0.526. The molecule has 2 rings (SSSR count). The number of rotatable bonds is 3. The Kier molecular flexibility index (Phi) is 5.42. The van der Waals surface area contributed by atoms with Gasteiger partial charge in [0.05, 0.1) is 6.07 Å². The van der Waals surface area contributed by atoms with E-state index in [1.807, 2.05) is 0 Å².